The van der Waals surface area contributed by atoms with Gasteiger partial charge >= 0.3 is 12.1 Å². The molecule has 4 rings (SSSR count). The molecule has 2 aromatic carbocycles. The van der Waals surface area contributed by atoms with Crippen molar-refractivity contribution in [2.45, 2.75) is 31.2 Å². The molecule has 170 valence electrons. The van der Waals surface area contributed by atoms with Crippen molar-refractivity contribution < 1.29 is 24.2 Å². The van der Waals surface area contributed by atoms with Crippen LogP contribution in [0.25, 0.3) is 11.1 Å². The Hall–Kier alpha value is -3.79. The first kappa shape index (κ1) is 22.4. The number of nitrogens with one attached hydrogen (secondary N) is 1. The van der Waals surface area contributed by atoms with E-state index in [1.165, 1.54) is 4.90 Å². The van der Waals surface area contributed by atoms with E-state index in [9.17, 15) is 19.5 Å². The molecule has 0 saturated carbocycles. The number of nitrogens with zero attached hydrogens (tertiary/aromatic N) is 1. The van der Waals surface area contributed by atoms with E-state index in [0.717, 1.165) is 22.3 Å². The highest BCUT2D eigenvalue weighted by atomic mass is 16.5. The molecule has 1 fully saturated rings. The van der Waals surface area contributed by atoms with Gasteiger partial charge in [0.15, 0.2) is 0 Å². The van der Waals surface area contributed by atoms with Crippen molar-refractivity contribution in [1.29, 1.82) is 0 Å². The van der Waals surface area contributed by atoms with Gasteiger partial charge in [-0.25, -0.2) is 4.79 Å². The highest BCUT2D eigenvalue weighted by molar-refractivity contribution is 5.87. The molecule has 2 N–H and O–H groups in total. The van der Waals surface area contributed by atoms with E-state index in [1.807, 2.05) is 36.4 Å². The van der Waals surface area contributed by atoms with Crippen LogP contribution in [0.15, 0.2) is 48.5 Å². The van der Waals surface area contributed by atoms with E-state index in [-0.39, 0.29) is 31.4 Å². The number of alkyl carbamates (subject to hydrolysis) is 1. The number of fused-ring (bicyclic) bond motifs is 3. The quantitative estimate of drug-likeness (QED) is 0.664. The molecule has 1 unspecified atom stereocenters. The lowest BCUT2D eigenvalue weighted by Gasteiger charge is -2.33. The average Bonchev–Trinajstić information content (AvgIpc) is 3.16. The van der Waals surface area contributed by atoms with Gasteiger partial charge in [0.1, 0.15) is 12.6 Å². The van der Waals surface area contributed by atoms with Crippen LogP contribution in [0.2, 0.25) is 0 Å². The molecule has 0 radical (unpaired) electrons. The Labute approximate surface area is 192 Å². The first-order chi connectivity index (χ1) is 16.0. The Morgan fingerprint density at radius 3 is 2.36 bits per heavy atom. The molecule has 0 aromatic heterocycles. The summed E-state index contributed by atoms with van der Waals surface area (Å²) < 4.78 is 5.53. The number of amides is 2. The maximum Gasteiger partial charge on any atom is 0.407 e. The first-order valence-electron chi connectivity index (χ1n) is 11.1. The Morgan fingerprint density at radius 1 is 1.12 bits per heavy atom. The standard InChI is InChI=1S/C26H26N2O5/c1-2-8-23(24(29)28-14-7-9-17(15-28)25(30)31)27-26(32)33-16-22-20-12-5-3-10-18(20)19-11-4-6-13-21(19)22/h1,3-6,10-13,17,22-23H,7-9,14-16H2,(H,27,32)(H,30,31)/t17-,23?/m1/s1. The van der Waals surface area contributed by atoms with E-state index in [2.05, 4.69) is 23.4 Å². The van der Waals surface area contributed by atoms with Crippen LogP contribution >= 0.6 is 0 Å². The first-order valence-corrected chi connectivity index (χ1v) is 11.1. The predicted octanol–water partition coefficient (Wildman–Crippen LogP) is 3.24. The van der Waals surface area contributed by atoms with Crippen molar-refractivity contribution in [3.8, 4) is 23.5 Å². The third kappa shape index (κ3) is 4.70. The Balaban J connectivity index is 1.40. The number of carboxylic acid groups (broad SMARTS) is 1. The molecule has 7 heteroatoms. The second-order valence-electron chi connectivity index (χ2n) is 8.39. The Kier molecular flexibility index (Phi) is 6.64. The van der Waals surface area contributed by atoms with Crippen LogP contribution in [-0.2, 0) is 14.3 Å². The second-order valence-corrected chi connectivity index (χ2v) is 8.39. The normalized spacial score (nSPS) is 17.9. The van der Waals surface area contributed by atoms with Crippen molar-refractivity contribution >= 4 is 18.0 Å². The molecule has 2 atom stereocenters. The number of benzene rings is 2. The second kappa shape index (κ2) is 9.78. The molecule has 1 saturated heterocycles. The summed E-state index contributed by atoms with van der Waals surface area (Å²) in [7, 11) is 0. The maximum absolute atomic E-state index is 12.9. The summed E-state index contributed by atoms with van der Waals surface area (Å²) in [6, 6.07) is 15.1. The summed E-state index contributed by atoms with van der Waals surface area (Å²) in [6.07, 6.45) is 5.81. The summed E-state index contributed by atoms with van der Waals surface area (Å²) in [5, 5.41) is 11.9. The highest BCUT2D eigenvalue weighted by Gasteiger charge is 2.33. The van der Waals surface area contributed by atoms with Crippen LogP contribution in [0, 0.1) is 18.3 Å². The lowest BCUT2D eigenvalue weighted by atomic mass is 9.97. The molecule has 1 aliphatic heterocycles. The number of piperidine rings is 1. The fraction of sp³-hybridized carbons (Fsp3) is 0.346. The number of carbonyl (C=O) groups is 3. The van der Waals surface area contributed by atoms with E-state index < -0.39 is 24.0 Å². The Morgan fingerprint density at radius 2 is 1.76 bits per heavy atom. The Bertz CT molecular complexity index is 1060. The molecule has 0 spiro atoms. The number of terminal acetylenes is 1. The van der Waals surface area contributed by atoms with Crippen molar-refractivity contribution in [3.63, 3.8) is 0 Å². The summed E-state index contributed by atoms with van der Waals surface area (Å²) in [6.45, 7) is 0.680. The van der Waals surface area contributed by atoms with Crippen molar-refractivity contribution in [1.82, 2.24) is 10.2 Å². The number of ether oxygens (including phenoxy) is 1. The molecule has 2 aliphatic rings. The average molecular weight is 447 g/mol. The zero-order chi connectivity index (χ0) is 23.4. The zero-order valence-electron chi connectivity index (χ0n) is 18.2. The number of aliphatic carboxylic acids is 1. The van der Waals surface area contributed by atoms with Gasteiger partial charge < -0.3 is 20.1 Å². The maximum atomic E-state index is 12.9. The molecule has 1 aliphatic carbocycles. The van der Waals surface area contributed by atoms with Crippen LogP contribution in [0.1, 0.15) is 36.3 Å². The van der Waals surface area contributed by atoms with Crippen molar-refractivity contribution in [3.05, 3.63) is 59.7 Å². The monoisotopic (exact) mass is 446 g/mol. The SMILES string of the molecule is C#CCC(NC(=O)OCC1c2ccccc2-c2ccccc21)C(=O)N1CCC[C@@H](C(=O)O)C1. The molecular formula is C26H26N2O5. The number of hydrogen-bond acceptors (Lipinski definition) is 4. The highest BCUT2D eigenvalue weighted by Crippen LogP contribution is 2.44. The molecular weight excluding hydrogens is 420 g/mol. The summed E-state index contributed by atoms with van der Waals surface area (Å²) in [4.78, 5) is 38.3. The summed E-state index contributed by atoms with van der Waals surface area (Å²) in [5.74, 6) is 0.407. The van der Waals surface area contributed by atoms with Gasteiger partial charge in [0.2, 0.25) is 5.91 Å². The van der Waals surface area contributed by atoms with Gasteiger partial charge in [0, 0.05) is 25.4 Å². The van der Waals surface area contributed by atoms with Crippen LogP contribution < -0.4 is 5.32 Å². The van der Waals surface area contributed by atoms with E-state index >= 15 is 0 Å². The lowest BCUT2D eigenvalue weighted by molar-refractivity contribution is -0.146. The van der Waals surface area contributed by atoms with Crippen molar-refractivity contribution in [2.75, 3.05) is 19.7 Å². The minimum Gasteiger partial charge on any atom is -0.481 e. The third-order valence-corrected chi connectivity index (χ3v) is 6.34. The van der Waals surface area contributed by atoms with Gasteiger partial charge in [-0.1, -0.05) is 48.5 Å². The number of carbonyl (C=O) groups excluding carboxylic acids is 2. The number of rotatable bonds is 6. The molecule has 7 nitrogen and oxygen atoms in total. The largest absolute Gasteiger partial charge is 0.481 e. The minimum atomic E-state index is -0.960. The molecule has 1 heterocycles. The fourth-order valence-corrected chi connectivity index (χ4v) is 4.70. The van der Waals surface area contributed by atoms with E-state index in [0.29, 0.717) is 19.4 Å². The number of hydrogen-bond donors (Lipinski definition) is 2. The summed E-state index contributed by atoms with van der Waals surface area (Å²) >= 11 is 0. The van der Waals surface area contributed by atoms with Crippen LogP contribution in [0.5, 0.6) is 0 Å². The van der Waals surface area contributed by atoms with Gasteiger partial charge in [-0.2, -0.15) is 0 Å². The van der Waals surface area contributed by atoms with Gasteiger partial charge in [-0.3, -0.25) is 9.59 Å². The molecule has 2 amide bonds. The van der Waals surface area contributed by atoms with Crippen LogP contribution in [-0.4, -0.2) is 53.7 Å². The molecule has 2 aromatic rings. The smallest absolute Gasteiger partial charge is 0.407 e. The number of carboxylic acids is 1. The van der Waals surface area contributed by atoms with Gasteiger partial charge in [0.25, 0.3) is 0 Å². The number of likely N-dealkylation sites (tertiary alicyclic amines) is 1. The van der Waals surface area contributed by atoms with Crippen LogP contribution in [0.4, 0.5) is 4.79 Å². The summed E-state index contributed by atoms with van der Waals surface area (Å²) in [5.41, 5.74) is 4.44. The van der Waals surface area contributed by atoms with E-state index in [4.69, 9.17) is 11.2 Å². The van der Waals surface area contributed by atoms with Crippen molar-refractivity contribution in [2.24, 2.45) is 5.92 Å². The van der Waals surface area contributed by atoms with Gasteiger partial charge in [-0.05, 0) is 35.1 Å². The minimum absolute atomic E-state index is 0.00271. The molecule has 0 bridgehead atoms. The topological polar surface area (TPSA) is 95.9 Å². The molecule has 33 heavy (non-hydrogen) atoms. The zero-order valence-corrected chi connectivity index (χ0v) is 18.2. The van der Waals surface area contributed by atoms with Gasteiger partial charge in [-0.15, -0.1) is 12.3 Å². The lowest BCUT2D eigenvalue weighted by Crippen LogP contribution is -2.52. The fourth-order valence-electron chi connectivity index (χ4n) is 4.70. The van der Waals surface area contributed by atoms with Crippen LogP contribution in [0.3, 0.4) is 0 Å². The third-order valence-electron chi connectivity index (χ3n) is 6.34. The van der Waals surface area contributed by atoms with E-state index in [1.54, 1.807) is 0 Å². The predicted molar refractivity (Wildman–Crippen MR) is 122 cm³/mol. The van der Waals surface area contributed by atoms with Gasteiger partial charge in [0.05, 0.1) is 5.92 Å².